The zero-order valence-electron chi connectivity index (χ0n) is 11.0. The fraction of sp³-hybridized carbons (Fsp3) is 0.357. The third-order valence-corrected chi connectivity index (χ3v) is 3.52. The minimum absolute atomic E-state index is 0.225. The predicted octanol–water partition coefficient (Wildman–Crippen LogP) is 1.76. The highest BCUT2D eigenvalue weighted by molar-refractivity contribution is 5.47. The van der Waals surface area contributed by atoms with Gasteiger partial charge in [0.15, 0.2) is 0 Å². The molecule has 1 aliphatic rings. The van der Waals surface area contributed by atoms with Gasteiger partial charge < -0.3 is 9.80 Å². The molecule has 0 amide bonds. The Bertz CT molecular complexity index is 541. The average Bonchev–Trinajstić information content (AvgIpc) is 2.90. The summed E-state index contributed by atoms with van der Waals surface area (Å²) in [5, 5.41) is 4.35. The standard InChI is InChI=1S/C14H17FN4/c1-17-8-10-18(11-9-17)14-6-7-16-19(14)13-4-2-12(15)3-5-13/h2-7H,8-11H2,1H3. The second-order valence-electron chi connectivity index (χ2n) is 4.87. The van der Waals surface area contributed by atoms with Crippen LogP contribution in [-0.4, -0.2) is 47.9 Å². The van der Waals surface area contributed by atoms with E-state index in [-0.39, 0.29) is 5.82 Å². The van der Waals surface area contributed by atoms with Crippen molar-refractivity contribution in [3.63, 3.8) is 0 Å². The molecule has 1 aromatic heterocycles. The number of anilines is 1. The fourth-order valence-electron chi connectivity index (χ4n) is 2.35. The quantitative estimate of drug-likeness (QED) is 0.822. The minimum Gasteiger partial charge on any atom is -0.354 e. The Labute approximate surface area is 112 Å². The van der Waals surface area contributed by atoms with E-state index in [9.17, 15) is 4.39 Å². The van der Waals surface area contributed by atoms with E-state index in [1.165, 1.54) is 12.1 Å². The Morgan fingerprint density at radius 3 is 2.37 bits per heavy atom. The number of rotatable bonds is 2. The van der Waals surface area contributed by atoms with Crippen molar-refractivity contribution in [3.05, 3.63) is 42.3 Å². The smallest absolute Gasteiger partial charge is 0.132 e. The van der Waals surface area contributed by atoms with Crippen LogP contribution < -0.4 is 4.90 Å². The molecule has 0 N–H and O–H groups in total. The normalized spacial score (nSPS) is 16.8. The third-order valence-electron chi connectivity index (χ3n) is 3.52. The number of piperazine rings is 1. The predicted molar refractivity (Wildman–Crippen MR) is 73.2 cm³/mol. The van der Waals surface area contributed by atoms with Crippen LogP contribution in [0.5, 0.6) is 0 Å². The van der Waals surface area contributed by atoms with Gasteiger partial charge in [0.2, 0.25) is 0 Å². The Morgan fingerprint density at radius 2 is 1.68 bits per heavy atom. The first kappa shape index (κ1) is 12.2. The molecule has 4 nitrogen and oxygen atoms in total. The van der Waals surface area contributed by atoms with Crippen molar-refractivity contribution in [1.82, 2.24) is 14.7 Å². The van der Waals surface area contributed by atoms with Gasteiger partial charge >= 0.3 is 0 Å². The van der Waals surface area contributed by atoms with Crippen molar-refractivity contribution in [2.75, 3.05) is 38.1 Å². The monoisotopic (exact) mass is 260 g/mol. The number of benzene rings is 1. The van der Waals surface area contributed by atoms with Crippen LogP contribution in [-0.2, 0) is 0 Å². The largest absolute Gasteiger partial charge is 0.354 e. The Hall–Kier alpha value is -1.88. The van der Waals surface area contributed by atoms with E-state index in [2.05, 4.69) is 21.9 Å². The molecule has 0 atom stereocenters. The topological polar surface area (TPSA) is 24.3 Å². The van der Waals surface area contributed by atoms with Crippen LogP contribution in [0.3, 0.4) is 0 Å². The van der Waals surface area contributed by atoms with Gasteiger partial charge in [-0.25, -0.2) is 9.07 Å². The molecule has 19 heavy (non-hydrogen) atoms. The van der Waals surface area contributed by atoms with Gasteiger partial charge in [-0.05, 0) is 31.3 Å². The molecule has 100 valence electrons. The van der Waals surface area contributed by atoms with Crippen LogP contribution in [0, 0.1) is 5.82 Å². The van der Waals surface area contributed by atoms with Crippen LogP contribution in [0.2, 0.25) is 0 Å². The van der Waals surface area contributed by atoms with Gasteiger partial charge in [-0.1, -0.05) is 0 Å². The molecular formula is C14H17FN4. The summed E-state index contributed by atoms with van der Waals surface area (Å²) in [6, 6.07) is 8.44. The van der Waals surface area contributed by atoms with Crippen molar-refractivity contribution in [1.29, 1.82) is 0 Å². The van der Waals surface area contributed by atoms with E-state index < -0.39 is 0 Å². The van der Waals surface area contributed by atoms with Crippen LogP contribution in [0.15, 0.2) is 36.5 Å². The molecule has 2 aromatic rings. The Kier molecular flexibility index (Phi) is 3.21. The molecule has 1 aliphatic heterocycles. The maximum Gasteiger partial charge on any atom is 0.132 e. The molecule has 1 saturated heterocycles. The zero-order chi connectivity index (χ0) is 13.2. The van der Waals surface area contributed by atoms with E-state index in [0.29, 0.717) is 0 Å². The molecule has 1 aromatic carbocycles. The number of nitrogens with zero attached hydrogens (tertiary/aromatic N) is 4. The lowest BCUT2D eigenvalue weighted by Crippen LogP contribution is -2.45. The lowest BCUT2D eigenvalue weighted by Gasteiger charge is -2.33. The third kappa shape index (κ3) is 2.46. The number of halogens is 1. The van der Waals surface area contributed by atoms with Crippen molar-refractivity contribution >= 4 is 5.82 Å². The minimum atomic E-state index is -0.225. The van der Waals surface area contributed by atoms with Gasteiger partial charge in [0.1, 0.15) is 11.6 Å². The summed E-state index contributed by atoms with van der Waals surface area (Å²) in [6.07, 6.45) is 1.79. The summed E-state index contributed by atoms with van der Waals surface area (Å²) < 4.78 is 14.8. The highest BCUT2D eigenvalue weighted by Gasteiger charge is 2.18. The summed E-state index contributed by atoms with van der Waals surface area (Å²) in [5.41, 5.74) is 0.889. The number of hydrogen-bond donors (Lipinski definition) is 0. The first-order valence-electron chi connectivity index (χ1n) is 6.47. The van der Waals surface area contributed by atoms with Crippen molar-refractivity contribution in [2.45, 2.75) is 0 Å². The van der Waals surface area contributed by atoms with Crippen LogP contribution in [0.1, 0.15) is 0 Å². The van der Waals surface area contributed by atoms with Gasteiger partial charge in [0, 0.05) is 32.2 Å². The van der Waals surface area contributed by atoms with E-state index >= 15 is 0 Å². The maximum atomic E-state index is 13.0. The molecule has 3 rings (SSSR count). The van der Waals surface area contributed by atoms with Crippen molar-refractivity contribution in [2.24, 2.45) is 0 Å². The first-order valence-corrected chi connectivity index (χ1v) is 6.47. The molecule has 0 spiro atoms. The van der Waals surface area contributed by atoms with Gasteiger partial charge in [-0.2, -0.15) is 5.10 Å². The summed E-state index contributed by atoms with van der Waals surface area (Å²) in [6.45, 7) is 4.08. The maximum absolute atomic E-state index is 13.0. The molecular weight excluding hydrogens is 243 g/mol. The highest BCUT2D eigenvalue weighted by atomic mass is 19.1. The summed E-state index contributed by atoms with van der Waals surface area (Å²) in [4.78, 5) is 4.63. The summed E-state index contributed by atoms with van der Waals surface area (Å²) in [5.74, 6) is 0.844. The zero-order valence-corrected chi connectivity index (χ0v) is 11.0. The second kappa shape index (κ2) is 5.01. The number of aromatic nitrogens is 2. The fourth-order valence-corrected chi connectivity index (χ4v) is 2.35. The molecule has 0 saturated carbocycles. The summed E-state index contributed by atoms with van der Waals surface area (Å²) >= 11 is 0. The van der Waals surface area contributed by atoms with Gasteiger partial charge in [0.05, 0.1) is 11.9 Å². The summed E-state index contributed by atoms with van der Waals surface area (Å²) in [7, 11) is 2.13. The molecule has 5 heteroatoms. The van der Waals surface area contributed by atoms with Crippen molar-refractivity contribution < 1.29 is 4.39 Å². The van der Waals surface area contributed by atoms with E-state index in [0.717, 1.165) is 37.7 Å². The van der Waals surface area contributed by atoms with Crippen LogP contribution in [0.4, 0.5) is 10.2 Å². The Morgan fingerprint density at radius 1 is 1.00 bits per heavy atom. The van der Waals surface area contributed by atoms with Crippen molar-refractivity contribution in [3.8, 4) is 5.69 Å². The molecule has 2 heterocycles. The molecule has 0 aliphatic carbocycles. The molecule has 0 bridgehead atoms. The van der Waals surface area contributed by atoms with E-state index in [1.807, 2.05) is 10.7 Å². The Balaban J connectivity index is 1.88. The van der Waals surface area contributed by atoms with Gasteiger partial charge in [-0.15, -0.1) is 0 Å². The van der Waals surface area contributed by atoms with E-state index in [1.54, 1.807) is 18.3 Å². The number of likely N-dealkylation sites (N-methyl/N-ethyl adjacent to an activating group) is 1. The highest BCUT2D eigenvalue weighted by Crippen LogP contribution is 2.20. The molecule has 0 unspecified atom stereocenters. The molecule has 0 radical (unpaired) electrons. The SMILES string of the molecule is CN1CCN(c2ccnn2-c2ccc(F)cc2)CC1. The molecule has 1 fully saturated rings. The van der Waals surface area contributed by atoms with Gasteiger partial charge in [-0.3, -0.25) is 0 Å². The second-order valence-corrected chi connectivity index (χ2v) is 4.87. The average molecular weight is 260 g/mol. The lowest BCUT2D eigenvalue weighted by molar-refractivity contribution is 0.311. The number of hydrogen-bond acceptors (Lipinski definition) is 3. The lowest BCUT2D eigenvalue weighted by atomic mass is 10.3. The van der Waals surface area contributed by atoms with Crippen LogP contribution in [0.25, 0.3) is 5.69 Å². The van der Waals surface area contributed by atoms with Crippen LogP contribution >= 0.6 is 0 Å². The first-order chi connectivity index (χ1) is 9.24. The van der Waals surface area contributed by atoms with E-state index in [4.69, 9.17) is 0 Å². The van der Waals surface area contributed by atoms with Gasteiger partial charge in [0.25, 0.3) is 0 Å².